The third kappa shape index (κ3) is 1.01. The van der Waals surface area contributed by atoms with E-state index in [0.29, 0.717) is 6.61 Å². The molecule has 0 unspecified atom stereocenters. The van der Waals surface area contributed by atoms with Crippen molar-refractivity contribution in [2.75, 3.05) is 0 Å². The van der Waals surface area contributed by atoms with Crippen LogP contribution in [0.1, 0.15) is 5.56 Å². The van der Waals surface area contributed by atoms with Crippen LogP contribution in [0.5, 0.6) is 5.88 Å². The number of pyridine rings is 1. The molecule has 1 aromatic heterocycles. The van der Waals surface area contributed by atoms with Gasteiger partial charge in [-0.3, -0.25) is 0 Å². The number of fused-ring (bicyclic) bond motifs is 3. The zero-order valence-corrected chi connectivity index (χ0v) is 7.60. The first-order valence-electron chi connectivity index (χ1n) is 4.61. The molecule has 0 aliphatic carbocycles. The SMILES string of the molecule is c1ccc2c(c1)COc1ncccc1-2. The lowest BCUT2D eigenvalue weighted by atomic mass is 9.99. The number of hydrogen-bond donors (Lipinski definition) is 0. The Morgan fingerprint density at radius 2 is 1.86 bits per heavy atom. The molecule has 0 spiro atoms. The van der Waals surface area contributed by atoms with Crippen LogP contribution < -0.4 is 4.74 Å². The van der Waals surface area contributed by atoms with Gasteiger partial charge >= 0.3 is 0 Å². The highest BCUT2D eigenvalue weighted by atomic mass is 16.5. The number of nitrogens with zero attached hydrogens (tertiary/aromatic N) is 1. The average Bonchev–Trinajstić information content (AvgIpc) is 2.29. The zero-order valence-electron chi connectivity index (χ0n) is 7.60. The maximum atomic E-state index is 5.54. The molecule has 1 aliphatic heterocycles. The van der Waals surface area contributed by atoms with Gasteiger partial charge in [0, 0.05) is 11.8 Å². The Balaban J connectivity index is 2.29. The van der Waals surface area contributed by atoms with E-state index in [0.717, 1.165) is 11.4 Å². The first-order chi connectivity index (χ1) is 6.95. The summed E-state index contributed by atoms with van der Waals surface area (Å²) in [5.74, 6) is 0.742. The molecule has 3 rings (SSSR count). The molecule has 68 valence electrons. The number of hydrogen-bond acceptors (Lipinski definition) is 2. The fourth-order valence-electron chi connectivity index (χ4n) is 1.77. The Morgan fingerprint density at radius 3 is 2.86 bits per heavy atom. The fourth-order valence-corrected chi connectivity index (χ4v) is 1.77. The second-order valence-electron chi connectivity index (χ2n) is 3.30. The Hall–Kier alpha value is -1.83. The summed E-state index contributed by atoms with van der Waals surface area (Å²) in [7, 11) is 0. The van der Waals surface area contributed by atoms with Crippen LogP contribution in [0.15, 0.2) is 42.6 Å². The molecule has 0 radical (unpaired) electrons. The Morgan fingerprint density at radius 1 is 1.00 bits per heavy atom. The van der Waals surface area contributed by atoms with Crippen molar-refractivity contribution in [1.29, 1.82) is 0 Å². The van der Waals surface area contributed by atoms with Gasteiger partial charge in [0.15, 0.2) is 0 Å². The van der Waals surface area contributed by atoms with Crippen molar-refractivity contribution in [2.24, 2.45) is 0 Å². The minimum absolute atomic E-state index is 0.625. The van der Waals surface area contributed by atoms with Crippen molar-refractivity contribution >= 4 is 0 Å². The van der Waals surface area contributed by atoms with Crippen molar-refractivity contribution in [3.05, 3.63) is 48.2 Å². The van der Waals surface area contributed by atoms with Gasteiger partial charge in [0.1, 0.15) is 6.61 Å². The molecular formula is C12H9NO. The molecule has 2 nitrogen and oxygen atoms in total. The topological polar surface area (TPSA) is 22.1 Å². The lowest BCUT2D eigenvalue weighted by molar-refractivity contribution is 0.290. The van der Waals surface area contributed by atoms with E-state index in [1.54, 1.807) is 6.20 Å². The summed E-state index contributed by atoms with van der Waals surface area (Å²) in [6.07, 6.45) is 1.76. The van der Waals surface area contributed by atoms with Gasteiger partial charge in [0.2, 0.25) is 5.88 Å². The molecule has 1 aromatic carbocycles. The van der Waals surface area contributed by atoms with Crippen LogP contribution in [0.2, 0.25) is 0 Å². The minimum Gasteiger partial charge on any atom is -0.472 e. The van der Waals surface area contributed by atoms with E-state index in [-0.39, 0.29) is 0 Å². The molecule has 1 aliphatic rings. The molecule has 0 saturated heterocycles. The van der Waals surface area contributed by atoms with Gasteiger partial charge < -0.3 is 4.74 Å². The zero-order chi connectivity index (χ0) is 9.38. The quantitative estimate of drug-likeness (QED) is 0.626. The summed E-state index contributed by atoms with van der Waals surface area (Å²) in [5, 5.41) is 0. The van der Waals surface area contributed by atoms with E-state index < -0.39 is 0 Å². The van der Waals surface area contributed by atoms with E-state index in [4.69, 9.17) is 4.74 Å². The Labute approximate surface area is 82.2 Å². The highest BCUT2D eigenvalue weighted by Crippen LogP contribution is 2.34. The third-order valence-corrected chi connectivity index (χ3v) is 2.44. The van der Waals surface area contributed by atoms with E-state index in [2.05, 4.69) is 17.1 Å². The Bertz CT molecular complexity index is 434. The van der Waals surface area contributed by atoms with Crippen molar-refractivity contribution in [3.8, 4) is 17.0 Å². The largest absolute Gasteiger partial charge is 0.472 e. The van der Waals surface area contributed by atoms with Gasteiger partial charge in [-0.05, 0) is 23.3 Å². The average molecular weight is 183 g/mol. The summed E-state index contributed by atoms with van der Waals surface area (Å²) in [5.41, 5.74) is 3.56. The lowest BCUT2D eigenvalue weighted by Crippen LogP contribution is -2.06. The van der Waals surface area contributed by atoms with Crippen LogP contribution in [0.3, 0.4) is 0 Å². The first kappa shape index (κ1) is 7.56. The summed E-state index contributed by atoms with van der Waals surface area (Å²) in [6, 6.07) is 12.2. The van der Waals surface area contributed by atoms with Crippen molar-refractivity contribution in [3.63, 3.8) is 0 Å². The summed E-state index contributed by atoms with van der Waals surface area (Å²) in [4.78, 5) is 4.20. The summed E-state index contributed by atoms with van der Waals surface area (Å²) < 4.78 is 5.54. The molecule has 0 saturated carbocycles. The molecule has 0 amide bonds. The monoisotopic (exact) mass is 183 g/mol. The second-order valence-corrected chi connectivity index (χ2v) is 3.30. The predicted octanol–water partition coefficient (Wildman–Crippen LogP) is 2.64. The van der Waals surface area contributed by atoms with Crippen molar-refractivity contribution in [2.45, 2.75) is 6.61 Å². The molecule has 2 heterocycles. The molecule has 0 N–H and O–H groups in total. The Kier molecular flexibility index (Phi) is 1.53. The molecular weight excluding hydrogens is 174 g/mol. The standard InChI is InChI=1S/C12H9NO/c1-2-5-10-9(4-1)8-14-12-11(10)6-3-7-13-12/h1-7H,8H2. The number of ether oxygens (including phenoxy) is 1. The maximum Gasteiger partial charge on any atom is 0.221 e. The van der Waals surface area contributed by atoms with Crippen LogP contribution >= 0.6 is 0 Å². The van der Waals surface area contributed by atoms with Gasteiger partial charge in [0.05, 0.1) is 0 Å². The van der Waals surface area contributed by atoms with Crippen molar-refractivity contribution in [1.82, 2.24) is 4.98 Å². The number of aromatic nitrogens is 1. The van der Waals surface area contributed by atoms with E-state index in [1.165, 1.54) is 11.1 Å². The number of benzene rings is 1. The maximum absolute atomic E-state index is 5.54. The predicted molar refractivity (Wildman–Crippen MR) is 54.0 cm³/mol. The van der Waals surface area contributed by atoms with E-state index >= 15 is 0 Å². The molecule has 0 atom stereocenters. The van der Waals surface area contributed by atoms with Crippen LogP contribution in [-0.2, 0) is 6.61 Å². The fraction of sp³-hybridized carbons (Fsp3) is 0.0833. The molecule has 2 aromatic rings. The summed E-state index contributed by atoms with van der Waals surface area (Å²) in [6.45, 7) is 0.625. The highest BCUT2D eigenvalue weighted by Gasteiger charge is 2.16. The van der Waals surface area contributed by atoms with Gasteiger partial charge in [-0.2, -0.15) is 0 Å². The van der Waals surface area contributed by atoms with Gasteiger partial charge in [-0.1, -0.05) is 24.3 Å². The molecule has 0 bridgehead atoms. The van der Waals surface area contributed by atoms with Gasteiger partial charge in [-0.25, -0.2) is 4.98 Å². The van der Waals surface area contributed by atoms with Crippen LogP contribution in [0, 0.1) is 0 Å². The highest BCUT2D eigenvalue weighted by molar-refractivity contribution is 5.73. The van der Waals surface area contributed by atoms with Crippen molar-refractivity contribution < 1.29 is 4.74 Å². The van der Waals surface area contributed by atoms with Crippen LogP contribution in [0.25, 0.3) is 11.1 Å². The van der Waals surface area contributed by atoms with Crippen LogP contribution in [0.4, 0.5) is 0 Å². The summed E-state index contributed by atoms with van der Waals surface area (Å²) >= 11 is 0. The lowest BCUT2D eigenvalue weighted by Gasteiger charge is -2.18. The number of rotatable bonds is 0. The minimum atomic E-state index is 0.625. The van der Waals surface area contributed by atoms with E-state index in [1.807, 2.05) is 24.3 Å². The first-order valence-corrected chi connectivity index (χ1v) is 4.61. The third-order valence-electron chi connectivity index (χ3n) is 2.44. The molecule has 2 heteroatoms. The normalized spacial score (nSPS) is 12.6. The molecule has 14 heavy (non-hydrogen) atoms. The molecule has 0 fully saturated rings. The van der Waals surface area contributed by atoms with Gasteiger partial charge in [0.25, 0.3) is 0 Å². The van der Waals surface area contributed by atoms with E-state index in [9.17, 15) is 0 Å². The van der Waals surface area contributed by atoms with Gasteiger partial charge in [-0.15, -0.1) is 0 Å². The van der Waals surface area contributed by atoms with Crippen LogP contribution in [-0.4, -0.2) is 4.98 Å². The second kappa shape index (κ2) is 2.84. The smallest absolute Gasteiger partial charge is 0.221 e.